The largest absolute Gasteiger partial charge is 0.454 e. The zero-order valence-electron chi connectivity index (χ0n) is 14.8. The number of hydrogen-bond donors (Lipinski definition) is 0. The molecule has 0 bridgehead atoms. The third-order valence-electron chi connectivity index (χ3n) is 4.83. The van der Waals surface area contributed by atoms with Crippen LogP contribution in [0.5, 0.6) is 11.5 Å². The smallest absolute Gasteiger partial charge is 0.231 e. The first-order chi connectivity index (χ1) is 13.7. The highest BCUT2D eigenvalue weighted by atomic mass is 35.5. The van der Waals surface area contributed by atoms with Crippen molar-refractivity contribution in [1.29, 1.82) is 0 Å². The molecule has 5 heteroatoms. The monoisotopic (exact) mass is 407 g/mol. The van der Waals surface area contributed by atoms with Crippen LogP contribution in [-0.2, 0) is 6.42 Å². The fourth-order valence-corrected chi connectivity index (χ4v) is 3.67. The van der Waals surface area contributed by atoms with Crippen LogP contribution in [0.3, 0.4) is 0 Å². The molecule has 138 valence electrons. The van der Waals surface area contributed by atoms with Gasteiger partial charge in [0.2, 0.25) is 6.79 Å². The molecule has 0 atom stereocenters. The molecule has 0 unspecified atom stereocenters. The summed E-state index contributed by atoms with van der Waals surface area (Å²) in [6.45, 7) is 0.243. The molecule has 0 saturated heterocycles. The average Bonchev–Trinajstić information content (AvgIpc) is 3.15. The minimum atomic E-state index is 0.243. The number of fused-ring (bicyclic) bond motifs is 2. The number of pyridine rings is 1. The van der Waals surface area contributed by atoms with Crippen molar-refractivity contribution in [2.75, 3.05) is 6.79 Å². The van der Waals surface area contributed by atoms with Crippen LogP contribution < -0.4 is 9.47 Å². The molecule has 2 heterocycles. The lowest BCUT2D eigenvalue weighted by atomic mass is 9.97. The maximum absolute atomic E-state index is 6.08. The molecule has 0 aliphatic carbocycles. The van der Waals surface area contributed by atoms with Gasteiger partial charge in [-0.05, 0) is 47.5 Å². The third-order valence-corrected chi connectivity index (χ3v) is 5.33. The van der Waals surface area contributed by atoms with E-state index in [1.165, 1.54) is 0 Å². The van der Waals surface area contributed by atoms with Crippen molar-refractivity contribution in [1.82, 2.24) is 4.98 Å². The zero-order valence-corrected chi connectivity index (χ0v) is 16.3. The standard InChI is InChI=1S/C23H15Cl2NO2/c24-17-5-1-14(2-6-17)9-21-19(15-3-7-18(25)8-4-15)10-16-11-22-23(28-13-27-22)12-20(16)26-21/h1-8,10-12H,9,13H2. The number of aromatic nitrogens is 1. The number of hydrogen-bond acceptors (Lipinski definition) is 3. The molecule has 0 radical (unpaired) electrons. The molecule has 0 amide bonds. The highest BCUT2D eigenvalue weighted by molar-refractivity contribution is 6.30. The SMILES string of the molecule is Clc1ccc(Cc2nc3cc4c(cc3cc2-c2ccc(Cl)cc2)OCO4)cc1. The highest BCUT2D eigenvalue weighted by Crippen LogP contribution is 2.38. The van der Waals surface area contributed by atoms with Crippen molar-refractivity contribution in [3.05, 3.63) is 88.0 Å². The Balaban J connectivity index is 1.68. The summed E-state index contributed by atoms with van der Waals surface area (Å²) in [5.41, 5.74) is 5.15. The third kappa shape index (κ3) is 3.28. The van der Waals surface area contributed by atoms with E-state index in [9.17, 15) is 0 Å². The predicted octanol–water partition coefficient (Wildman–Crippen LogP) is 6.53. The maximum atomic E-state index is 6.08. The number of halogens is 2. The van der Waals surface area contributed by atoms with E-state index < -0.39 is 0 Å². The van der Waals surface area contributed by atoms with Crippen molar-refractivity contribution in [3.63, 3.8) is 0 Å². The lowest BCUT2D eigenvalue weighted by Crippen LogP contribution is -1.97. The van der Waals surface area contributed by atoms with Gasteiger partial charge in [-0.15, -0.1) is 0 Å². The molecule has 0 spiro atoms. The van der Waals surface area contributed by atoms with Gasteiger partial charge in [-0.3, -0.25) is 4.98 Å². The zero-order chi connectivity index (χ0) is 19.1. The topological polar surface area (TPSA) is 31.4 Å². The van der Waals surface area contributed by atoms with Crippen molar-refractivity contribution >= 4 is 34.1 Å². The number of ether oxygens (including phenoxy) is 2. The van der Waals surface area contributed by atoms with Gasteiger partial charge in [0.05, 0.1) is 11.2 Å². The van der Waals surface area contributed by atoms with Gasteiger partial charge in [0.1, 0.15) is 0 Å². The molecular weight excluding hydrogens is 393 g/mol. The van der Waals surface area contributed by atoms with Crippen molar-refractivity contribution in [2.45, 2.75) is 6.42 Å². The van der Waals surface area contributed by atoms with Gasteiger partial charge in [-0.2, -0.15) is 0 Å². The van der Waals surface area contributed by atoms with E-state index in [4.69, 9.17) is 37.7 Å². The van der Waals surface area contributed by atoms with E-state index in [1.54, 1.807) is 0 Å². The molecule has 0 N–H and O–H groups in total. The summed E-state index contributed by atoms with van der Waals surface area (Å²) in [6.07, 6.45) is 0.694. The summed E-state index contributed by atoms with van der Waals surface area (Å²) in [6, 6.07) is 21.8. The molecule has 1 aliphatic heterocycles. The maximum Gasteiger partial charge on any atom is 0.231 e. The molecule has 3 aromatic carbocycles. The second-order valence-electron chi connectivity index (χ2n) is 6.69. The summed E-state index contributed by atoms with van der Waals surface area (Å²) in [7, 11) is 0. The van der Waals surface area contributed by atoms with Gasteiger partial charge < -0.3 is 9.47 Å². The Hall–Kier alpha value is -2.75. The van der Waals surface area contributed by atoms with Crippen LogP contribution in [0.4, 0.5) is 0 Å². The average molecular weight is 408 g/mol. The van der Waals surface area contributed by atoms with E-state index in [2.05, 4.69) is 6.07 Å². The van der Waals surface area contributed by atoms with E-state index in [0.29, 0.717) is 11.4 Å². The highest BCUT2D eigenvalue weighted by Gasteiger charge is 2.17. The first kappa shape index (κ1) is 17.4. The fraction of sp³-hybridized carbons (Fsp3) is 0.0870. The molecule has 1 aliphatic rings. The normalized spacial score (nSPS) is 12.5. The summed E-state index contributed by atoms with van der Waals surface area (Å²) < 4.78 is 11.0. The van der Waals surface area contributed by atoms with Crippen LogP contribution in [0, 0.1) is 0 Å². The van der Waals surface area contributed by atoms with Crippen LogP contribution >= 0.6 is 23.2 Å². The van der Waals surface area contributed by atoms with E-state index in [0.717, 1.165) is 49.8 Å². The number of rotatable bonds is 3. The van der Waals surface area contributed by atoms with Gasteiger partial charge in [0.15, 0.2) is 11.5 Å². The van der Waals surface area contributed by atoms with Crippen molar-refractivity contribution < 1.29 is 9.47 Å². The lowest BCUT2D eigenvalue weighted by molar-refractivity contribution is 0.174. The molecular formula is C23H15Cl2NO2. The van der Waals surface area contributed by atoms with E-state index in [1.807, 2.05) is 60.7 Å². The Morgan fingerprint density at radius 2 is 1.43 bits per heavy atom. The Labute approximate surface area is 172 Å². The van der Waals surface area contributed by atoms with Gasteiger partial charge in [0.25, 0.3) is 0 Å². The first-order valence-electron chi connectivity index (χ1n) is 8.89. The first-order valence-corrected chi connectivity index (χ1v) is 9.65. The molecule has 3 nitrogen and oxygen atoms in total. The molecule has 5 rings (SSSR count). The van der Waals surface area contributed by atoms with Crippen molar-refractivity contribution in [2.24, 2.45) is 0 Å². The Morgan fingerprint density at radius 3 is 2.14 bits per heavy atom. The van der Waals surface area contributed by atoms with Gasteiger partial charge in [-0.1, -0.05) is 47.5 Å². The molecule has 4 aromatic rings. The minimum Gasteiger partial charge on any atom is -0.454 e. The van der Waals surface area contributed by atoms with Crippen LogP contribution in [0.1, 0.15) is 11.3 Å². The Kier molecular flexibility index (Phi) is 4.34. The van der Waals surface area contributed by atoms with Crippen LogP contribution in [-0.4, -0.2) is 11.8 Å². The molecule has 1 aromatic heterocycles. The second kappa shape index (κ2) is 7.01. The molecule has 0 saturated carbocycles. The minimum absolute atomic E-state index is 0.243. The van der Waals surface area contributed by atoms with Crippen LogP contribution in [0.2, 0.25) is 10.0 Å². The van der Waals surface area contributed by atoms with Crippen molar-refractivity contribution in [3.8, 4) is 22.6 Å². The Bertz CT molecular complexity index is 1170. The van der Waals surface area contributed by atoms with Crippen LogP contribution in [0.15, 0.2) is 66.7 Å². The summed E-state index contributed by atoms with van der Waals surface area (Å²) in [4.78, 5) is 4.97. The van der Waals surface area contributed by atoms with Crippen LogP contribution in [0.25, 0.3) is 22.0 Å². The second-order valence-corrected chi connectivity index (χ2v) is 7.56. The quantitative estimate of drug-likeness (QED) is 0.386. The summed E-state index contributed by atoms with van der Waals surface area (Å²) >= 11 is 12.1. The number of benzene rings is 3. The number of nitrogens with zero attached hydrogens (tertiary/aromatic N) is 1. The molecule has 0 fully saturated rings. The van der Waals surface area contributed by atoms with Gasteiger partial charge in [-0.25, -0.2) is 0 Å². The van der Waals surface area contributed by atoms with E-state index >= 15 is 0 Å². The fourth-order valence-electron chi connectivity index (χ4n) is 3.41. The summed E-state index contributed by atoms with van der Waals surface area (Å²) in [5.74, 6) is 1.48. The summed E-state index contributed by atoms with van der Waals surface area (Å²) in [5, 5.41) is 2.44. The Morgan fingerprint density at radius 1 is 0.786 bits per heavy atom. The predicted molar refractivity (Wildman–Crippen MR) is 113 cm³/mol. The van der Waals surface area contributed by atoms with Gasteiger partial charge >= 0.3 is 0 Å². The molecule has 28 heavy (non-hydrogen) atoms. The lowest BCUT2D eigenvalue weighted by Gasteiger charge is -2.12. The van der Waals surface area contributed by atoms with Gasteiger partial charge in [0, 0.05) is 33.5 Å². The van der Waals surface area contributed by atoms with E-state index in [-0.39, 0.29) is 6.79 Å².